The number of rotatable bonds is 5. The minimum atomic E-state index is 0.236. The smallest absolute Gasteiger partial charge is 0.226 e. The van der Waals surface area contributed by atoms with Gasteiger partial charge in [-0.25, -0.2) is 4.68 Å². The molecule has 1 aromatic heterocycles. The van der Waals surface area contributed by atoms with Crippen molar-refractivity contribution < 1.29 is 4.79 Å². The van der Waals surface area contributed by atoms with Gasteiger partial charge in [-0.3, -0.25) is 4.79 Å². The molecule has 122 valence electrons. The molecular formula is C18H24N4O. The summed E-state index contributed by atoms with van der Waals surface area (Å²) in [6.45, 7) is 2.82. The van der Waals surface area contributed by atoms with Gasteiger partial charge in [0, 0.05) is 25.5 Å². The van der Waals surface area contributed by atoms with Crippen molar-refractivity contribution in [2.24, 2.45) is 5.92 Å². The minimum Gasteiger partial charge on any atom is -0.342 e. The number of carbonyl (C=O) groups is 1. The summed E-state index contributed by atoms with van der Waals surface area (Å²) < 4.78 is 1.82. The van der Waals surface area contributed by atoms with Crippen LogP contribution in [0.15, 0.2) is 42.7 Å². The van der Waals surface area contributed by atoms with E-state index in [2.05, 4.69) is 10.4 Å². The van der Waals surface area contributed by atoms with Crippen LogP contribution in [0.3, 0.4) is 0 Å². The number of nitrogens with one attached hydrogen (secondary N) is 1. The number of aromatic nitrogens is 2. The zero-order chi connectivity index (χ0) is 16.1. The van der Waals surface area contributed by atoms with Gasteiger partial charge < -0.3 is 10.2 Å². The molecule has 0 unspecified atom stereocenters. The van der Waals surface area contributed by atoms with Crippen LogP contribution in [0.25, 0.3) is 5.69 Å². The van der Waals surface area contributed by atoms with E-state index in [-0.39, 0.29) is 5.91 Å². The molecule has 0 aliphatic carbocycles. The standard InChI is InChI=1S/C18H24N4O/c1-19-14-16-7-11-21(12-8-16)18(23)13-15-3-5-17(6-4-15)22-10-2-9-20-22/h2-6,9-10,16,19H,7-8,11-14H2,1H3. The quantitative estimate of drug-likeness (QED) is 0.917. The summed E-state index contributed by atoms with van der Waals surface area (Å²) in [7, 11) is 1.99. The van der Waals surface area contributed by atoms with Gasteiger partial charge in [-0.1, -0.05) is 12.1 Å². The SMILES string of the molecule is CNCC1CCN(C(=O)Cc2ccc(-n3cccn3)cc2)CC1. The first-order chi connectivity index (χ1) is 11.3. The third-order valence-electron chi connectivity index (χ3n) is 4.52. The highest BCUT2D eigenvalue weighted by Gasteiger charge is 2.22. The summed E-state index contributed by atoms with van der Waals surface area (Å²) >= 11 is 0. The van der Waals surface area contributed by atoms with Crippen LogP contribution in [0, 0.1) is 5.92 Å². The molecule has 1 N–H and O–H groups in total. The van der Waals surface area contributed by atoms with Crippen LogP contribution >= 0.6 is 0 Å². The van der Waals surface area contributed by atoms with Gasteiger partial charge in [-0.15, -0.1) is 0 Å². The highest BCUT2D eigenvalue weighted by Crippen LogP contribution is 2.17. The summed E-state index contributed by atoms with van der Waals surface area (Å²) in [6.07, 6.45) is 6.36. The first-order valence-electron chi connectivity index (χ1n) is 8.27. The fourth-order valence-corrected chi connectivity index (χ4v) is 3.15. The zero-order valence-corrected chi connectivity index (χ0v) is 13.6. The number of carbonyl (C=O) groups excluding carboxylic acids is 1. The van der Waals surface area contributed by atoms with Crippen LogP contribution in [0.4, 0.5) is 0 Å². The zero-order valence-electron chi connectivity index (χ0n) is 13.6. The van der Waals surface area contributed by atoms with Crippen LogP contribution in [0.1, 0.15) is 18.4 Å². The number of hydrogen-bond donors (Lipinski definition) is 1. The summed E-state index contributed by atoms with van der Waals surface area (Å²) in [5.41, 5.74) is 2.07. The average Bonchev–Trinajstić information content (AvgIpc) is 3.11. The Labute approximate surface area is 137 Å². The molecule has 1 amide bonds. The third kappa shape index (κ3) is 3.99. The molecule has 2 heterocycles. The van der Waals surface area contributed by atoms with E-state index in [0.717, 1.165) is 43.7 Å². The van der Waals surface area contributed by atoms with Crippen LogP contribution in [-0.2, 0) is 11.2 Å². The first-order valence-corrected chi connectivity index (χ1v) is 8.27. The first kappa shape index (κ1) is 15.7. The lowest BCUT2D eigenvalue weighted by Crippen LogP contribution is -2.41. The van der Waals surface area contributed by atoms with E-state index in [1.807, 2.05) is 53.2 Å². The molecule has 23 heavy (non-hydrogen) atoms. The maximum absolute atomic E-state index is 12.4. The summed E-state index contributed by atoms with van der Waals surface area (Å²) in [5, 5.41) is 7.44. The summed E-state index contributed by atoms with van der Waals surface area (Å²) in [5.74, 6) is 0.942. The van der Waals surface area contributed by atoms with Gasteiger partial charge in [0.25, 0.3) is 0 Å². The molecule has 0 spiro atoms. The Morgan fingerprint density at radius 3 is 2.61 bits per heavy atom. The number of benzene rings is 1. The minimum absolute atomic E-state index is 0.236. The van der Waals surface area contributed by atoms with Crippen molar-refractivity contribution in [3.05, 3.63) is 48.3 Å². The van der Waals surface area contributed by atoms with E-state index < -0.39 is 0 Å². The maximum Gasteiger partial charge on any atom is 0.226 e. The number of hydrogen-bond acceptors (Lipinski definition) is 3. The maximum atomic E-state index is 12.4. The molecule has 2 aromatic rings. The van der Waals surface area contributed by atoms with E-state index in [4.69, 9.17) is 0 Å². The Morgan fingerprint density at radius 1 is 1.26 bits per heavy atom. The van der Waals surface area contributed by atoms with E-state index in [9.17, 15) is 4.79 Å². The molecular weight excluding hydrogens is 288 g/mol. The number of amides is 1. The largest absolute Gasteiger partial charge is 0.342 e. The van der Waals surface area contributed by atoms with Gasteiger partial charge in [0.15, 0.2) is 0 Å². The van der Waals surface area contributed by atoms with Gasteiger partial charge in [-0.05, 0) is 56.1 Å². The average molecular weight is 312 g/mol. The van der Waals surface area contributed by atoms with Crippen molar-refractivity contribution in [2.75, 3.05) is 26.7 Å². The Balaban J connectivity index is 1.54. The molecule has 5 nitrogen and oxygen atoms in total. The number of nitrogens with zero attached hydrogens (tertiary/aromatic N) is 3. The van der Waals surface area contributed by atoms with Gasteiger partial charge in [-0.2, -0.15) is 5.10 Å². The number of piperidine rings is 1. The second-order valence-electron chi connectivity index (χ2n) is 6.18. The molecule has 1 saturated heterocycles. The summed E-state index contributed by atoms with van der Waals surface area (Å²) in [6, 6.07) is 9.95. The van der Waals surface area contributed by atoms with Gasteiger partial charge >= 0.3 is 0 Å². The van der Waals surface area contributed by atoms with Gasteiger partial charge in [0.2, 0.25) is 5.91 Å². The van der Waals surface area contributed by atoms with E-state index in [1.54, 1.807) is 6.20 Å². The normalized spacial score (nSPS) is 15.8. The monoisotopic (exact) mass is 312 g/mol. The van der Waals surface area contributed by atoms with Crippen LogP contribution in [-0.4, -0.2) is 47.3 Å². The Bertz CT molecular complexity index is 613. The molecule has 1 aliphatic rings. The lowest BCUT2D eigenvalue weighted by atomic mass is 9.96. The molecule has 0 radical (unpaired) electrons. The molecule has 1 aliphatic heterocycles. The lowest BCUT2D eigenvalue weighted by molar-refractivity contribution is -0.131. The van der Waals surface area contributed by atoms with Crippen molar-refractivity contribution in [1.82, 2.24) is 20.0 Å². The Morgan fingerprint density at radius 2 is 2.00 bits per heavy atom. The van der Waals surface area contributed by atoms with Crippen LogP contribution in [0.2, 0.25) is 0 Å². The molecule has 1 aromatic carbocycles. The Kier molecular flexibility index (Phi) is 5.08. The van der Waals surface area contributed by atoms with Crippen molar-refractivity contribution in [1.29, 1.82) is 0 Å². The summed E-state index contributed by atoms with van der Waals surface area (Å²) in [4.78, 5) is 14.4. The third-order valence-corrected chi connectivity index (χ3v) is 4.52. The van der Waals surface area contributed by atoms with Gasteiger partial charge in [0.1, 0.15) is 0 Å². The Hall–Kier alpha value is -2.14. The molecule has 0 atom stereocenters. The second-order valence-corrected chi connectivity index (χ2v) is 6.18. The molecule has 0 saturated carbocycles. The predicted octanol–water partition coefficient (Wildman–Crippen LogP) is 1.87. The van der Waals surface area contributed by atoms with Crippen LogP contribution < -0.4 is 5.32 Å². The lowest BCUT2D eigenvalue weighted by Gasteiger charge is -2.32. The number of likely N-dealkylation sites (tertiary alicyclic amines) is 1. The van der Waals surface area contributed by atoms with E-state index in [0.29, 0.717) is 12.3 Å². The predicted molar refractivity (Wildman–Crippen MR) is 90.5 cm³/mol. The van der Waals surface area contributed by atoms with Crippen molar-refractivity contribution >= 4 is 5.91 Å². The fourth-order valence-electron chi connectivity index (χ4n) is 3.15. The molecule has 5 heteroatoms. The molecule has 0 bridgehead atoms. The molecule has 3 rings (SSSR count). The topological polar surface area (TPSA) is 50.2 Å². The van der Waals surface area contributed by atoms with Crippen molar-refractivity contribution in [3.63, 3.8) is 0 Å². The van der Waals surface area contributed by atoms with Crippen molar-refractivity contribution in [2.45, 2.75) is 19.3 Å². The highest BCUT2D eigenvalue weighted by atomic mass is 16.2. The van der Waals surface area contributed by atoms with Crippen molar-refractivity contribution in [3.8, 4) is 5.69 Å². The van der Waals surface area contributed by atoms with Gasteiger partial charge in [0.05, 0.1) is 12.1 Å². The molecule has 1 fully saturated rings. The van der Waals surface area contributed by atoms with Crippen LogP contribution in [0.5, 0.6) is 0 Å². The fraction of sp³-hybridized carbons (Fsp3) is 0.444. The van der Waals surface area contributed by atoms with E-state index >= 15 is 0 Å². The van der Waals surface area contributed by atoms with E-state index in [1.165, 1.54) is 0 Å². The highest BCUT2D eigenvalue weighted by molar-refractivity contribution is 5.78. The second kappa shape index (κ2) is 7.42.